The second-order valence-electron chi connectivity index (χ2n) is 7.66. The second-order valence-corrected chi connectivity index (χ2v) is 7.66. The van der Waals surface area contributed by atoms with Crippen LogP contribution in [0.4, 0.5) is 5.69 Å². The largest absolute Gasteiger partial charge is 0.372 e. The van der Waals surface area contributed by atoms with Crippen molar-refractivity contribution in [2.24, 2.45) is 0 Å². The van der Waals surface area contributed by atoms with Gasteiger partial charge in [-0.25, -0.2) is 0 Å². The summed E-state index contributed by atoms with van der Waals surface area (Å²) in [5.41, 5.74) is 4.20. The number of anilines is 1. The molecule has 2 aliphatic rings. The van der Waals surface area contributed by atoms with Gasteiger partial charge >= 0.3 is 0 Å². The van der Waals surface area contributed by atoms with Crippen LogP contribution in [0.3, 0.4) is 0 Å². The maximum absolute atomic E-state index is 13.0. The minimum Gasteiger partial charge on any atom is -0.372 e. The number of H-pyrrole nitrogens is 1. The first-order valence-electron chi connectivity index (χ1n) is 9.87. The predicted molar refractivity (Wildman–Crippen MR) is 104 cm³/mol. The number of carbonyl (C=O) groups excluding carboxylic acids is 1. The molecule has 1 amide bonds. The Kier molecular flexibility index (Phi) is 4.96. The lowest BCUT2D eigenvalue weighted by Crippen LogP contribution is -2.39. The Balaban J connectivity index is 1.43. The van der Waals surface area contributed by atoms with E-state index < -0.39 is 0 Å². The normalized spacial score (nSPS) is 21.0. The lowest BCUT2D eigenvalue weighted by molar-refractivity contribution is 0.0706. The third kappa shape index (κ3) is 3.62. The third-order valence-electron chi connectivity index (χ3n) is 5.69. The van der Waals surface area contributed by atoms with Gasteiger partial charge in [0.05, 0.1) is 5.69 Å². The number of carbonyl (C=O) groups is 1. The molecular formula is C21H28N4O. The third-order valence-corrected chi connectivity index (χ3v) is 5.69. The monoisotopic (exact) mass is 352 g/mol. The van der Waals surface area contributed by atoms with Crippen LogP contribution in [0.1, 0.15) is 59.8 Å². The summed E-state index contributed by atoms with van der Waals surface area (Å²) in [7, 11) is 0. The van der Waals surface area contributed by atoms with Gasteiger partial charge < -0.3 is 9.80 Å². The van der Waals surface area contributed by atoms with Crippen molar-refractivity contribution < 1.29 is 4.79 Å². The molecule has 1 aromatic carbocycles. The van der Waals surface area contributed by atoms with Crippen molar-refractivity contribution in [3.8, 4) is 0 Å². The van der Waals surface area contributed by atoms with E-state index in [0.717, 1.165) is 56.0 Å². The first-order valence-corrected chi connectivity index (χ1v) is 9.87. The Labute approximate surface area is 155 Å². The van der Waals surface area contributed by atoms with Crippen LogP contribution in [0.2, 0.25) is 0 Å². The Bertz CT molecular complexity index is 746. The Morgan fingerprint density at radius 3 is 2.54 bits per heavy atom. The molecule has 2 aromatic rings. The molecule has 0 bridgehead atoms. The number of benzene rings is 1. The van der Waals surface area contributed by atoms with Crippen molar-refractivity contribution in [3.63, 3.8) is 0 Å². The molecule has 2 saturated heterocycles. The van der Waals surface area contributed by atoms with Gasteiger partial charge in [0.1, 0.15) is 0 Å². The fourth-order valence-electron chi connectivity index (χ4n) is 4.20. The van der Waals surface area contributed by atoms with E-state index in [4.69, 9.17) is 0 Å². The van der Waals surface area contributed by atoms with Crippen LogP contribution in [0.5, 0.6) is 0 Å². The van der Waals surface area contributed by atoms with Crippen molar-refractivity contribution in [1.82, 2.24) is 15.1 Å². The molecule has 0 saturated carbocycles. The molecule has 4 rings (SSSR count). The minimum absolute atomic E-state index is 0.146. The van der Waals surface area contributed by atoms with Gasteiger partial charge in [0, 0.05) is 49.0 Å². The van der Waals surface area contributed by atoms with E-state index in [1.165, 1.54) is 24.9 Å². The van der Waals surface area contributed by atoms with E-state index in [1.807, 2.05) is 24.0 Å². The van der Waals surface area contributed by atoms with E-state index in [-0.39, 0.29) is 5.91 Å². The van der Waals surface area contributed by atoms with Gasteiger partial charge in [0.15, 0.2) is 0 Å². The van der Waals surface area contributed by atoms with Gasteiger partial charge in [0.2, 0.25) is 0 Å². The lowest BCUT2D eigenvalue weighted by atomic mass is 9.94. The van der Waals surface area contributed by atoms with Gasteiger partial charge in [-0.15, -0.1) is 0 Å². The SMILES string of the molecule is Cc1cc(C2CCCN(C(=O)c3ccc(N4CCCCC4)cc3)C2)n[nH]1. The van der Waals surface area contributed by atoms with Crippen molar-refractivity contribution in [2.75, 3.05) is 31.1 Å². The number of aromatic nitrogens is 2. The molecule has 1 N–H and O–H groups in total. The molecule has 5 heteroatoms. The highest BCUT2D eigenvalue weighted by Gasteiger charge is 2.27. The highest BCUT2D eigenvalue weighted by atomic mass is 16.2. The molecule has 3 heterocycles. The summed E-state index contributed by atoms with van der Waals surface area (Å²) >= 11 is 0. The molecule has 1 unspecified atom stereocenters. The summed E-state index contributed by atoms with van der Waals surface area (Å²) < 4.78 is 0. The number of amides is 1. The number of hydrogen-bond donors (Lipinski definition) is 1. The fraction of sp³-hybridized carbons (Fsp3) is 0.524. The Morgan fingerprint density at radius 1 is 1.08 bits per heavy atom. The first kappa shape index (κ1) is 17.1. The zero-order chi connectivity index (χ0) is 17.9. The van der Waals surface area contributed by atoms with E-state index >= 15 is 0 Å². The summed E-state index contributed by atoms with van der Waals surface area (Å²) in [6.45, 7) is 5.88. The number of nitrogens with one attached hydrogen (secondary N) is 1. The zero-order valence-corrected chi connectivity index (χ0v) is 15.6. The summed E-state index contributed by atoms with van der Waals surface area (Å²) in [6.07, 6.45) is 6.00. The van der Waals surface area contributed by atoms with Gasteiger partial charge in [-0.3, -0.25) is 9.89 Å². The Morgan fingerprint density at radius 2 is 1.85 bits per heavy atom. The van der Waals surface area contributed by atoms with Crippen LogP contribution in [-0.2, 0) is 0 Å². The standard InChI is InChI=1S/C21H28N4O/c1-16-14-20(23-22-16)18-6-5-13-25(15-18)21(26)17-7-9-19(10-8-17)24-11-3-2-4-12-24/h7-10,14,18H,2-6,11-13,15H2,1H3,(H,22,23). The number of piperidine rings is 2. The van der Waals surface area contributed by atoms with Gasteiger partial charge in [-0.05, 0) is 69.4 Å². The van der Waals surface area contributed by atoms with Crippen LogP contribution < -0.4 is 4.90 Å². The molecule has 0 spiro atoms. The molecule has 1 atom stereocenters. The van der Waals surface area contributed by atoms with E-state index in [1.54, 1.807) is 0 Å². The molecule has 1 aromatic heterocycles. The first-order chi connectivity index (χ1) is 12.7. The molecule has 2 fully saturated rings. The van der Waals surface area contributed by atoms with Crippen LogP contribution in [0.25, 0.3) is 0 Å². The maximum atomic E-state index is 13.0. The molecule has 138 valence electrons. The van der Waals surface area contributed by atoms with Gasteiger partial charge in [-0.2, -0.15) is 5.10 Å². The molecule has 26 heavy (non-hydrogen) atoms. The number of likely N-dealkylation sites (tertiary alicyclic amines) is 1. The lowest BCUT2D eigenvalue weighted by Gasteiger charge is -2.32. The molecule has 5 nitrogen and oxygen atoms in total. The molecule has 0 aliphatic carbocycles. The van der Waals surface area contributed by atoms with E-state index in [2.05, 4.69) is 33.3 Å². The molecule has 2 aliphatic heterocycles. The van der Waals surface area contributed by atoms with Crippen molar-refractivity contribution >= 4 is 11.6 Å². The smallest absolute Gasteiger partial charge is 0.253 e. The maximum Gasteiger partial charge on any atom is 0.253 e. The minimum atomic E-state index is 0.146. The van der Waals surface area contributed by atoms with Crippen LogP contribution in [-0.4, -0.2) is 47.2 Å². The summed E-state index contributed by atoms with van der Waals surface area (Å²) in [4.78, 5) is 17.4. The van der Waals surface area contributed by atoms with Gasteiger partial charge in [-0.1, -0.05) is 0 Å². The van der Waals surface area contributed by atoms with Gasteiger partial charge in [0.25, 0.3) is 5.91 Å². The highest BCUT2D eigenvalue weighted by Crippen LogP contribution is 2.27. The highest BCUT2D eigenvalue weighted by molar-refractivity contribution is 5.94. The number of aromatic amines is 1. The number of rotatable bonds is 3. The molecular weight excluding hydrogens is 324 g/mol. The topological polar surface area (TPSA) is 52.2 Å². The second kappa shape index (κ2) is 7.52. The van der Waals surface area contributed by atoms with Crippen LogP contribution >= 0.6 is 0 Å². The van der Waals surface area contributed by atoms with E-state index in [0.29, 0.717) is 5.92 Å². The number of nitrogens with zero attached hydrogens (tertiary/aromatic N) is 3. The molecule has 0 radical (unpaired) electrons. The van der Waals surface area contributed by atoms with Crippen molar-refractivity contribution in [3.05, 3.63) is 47.3 Å². The number of aryl methyl sites for hydroxylation is 1. The zero-order valence-electron chi connectivity index (χ0n) is 15.6. The van der Waals surface area contributed by atoms with Crippen molar-refractivity contribution in [2.45, 2.75) is 44.9 Å². The average molecular weight is 352 g/mol. The predicted octanol–water partition coefficient (Wildman–Crippen LogP) is 3.73. The number of hydrogen-bond acceptors (Lipinski definition) is 3. The summed E-state index contributed by atoms with van der Waals surface area (Å²) in [6, 6.07) is 10.3. The summed E-state index contributed by atoms with van der Waals surface area (Å²) in [5.74, 6) is 0.484. The van der Waals surface area contributed by atoms with Crippen LogP contribution in [0, 0.1) is 6.92 Å². The van der Waals surface area contributed by atoms with Crippen molar-refractivity contribution in [1.29, 1.82) is 0 Å². The average Bonchev–Trinajstić information content (AvgIpc) is 3.15. The van der Waals surface area contributed by atoms with E-state index in [9.17, 15) is 4.79 Å². The van der Waals surface area contributed by atoms with Crippen LogP contribution in [0.15, 0.2) is 30.3 Å². The Hall–Kier alpha value is -2.30. The quantitative estimate of drug-likeness (QED) is 0.916. The summed E-state index contributed by atoms with van der Waals surface area (Å²) in [5, 5.41) is 7.42. The fourth-order valence-corrected chi connectivity index (χ4v) is 4.20.